The normalized spacial score (nSPS) is 11.5. The molecule has 1 aromatic rings. The van der Waals surface area contributed by atoms with Crippen LogP contribution in [-0.2, 0) is 11.2 Å². The Labute approximate surface area is 85.6 Å². The van der Waals surface area contributed by atoms with Gasteiger partial charge in [-0.15, -0.1) is 0 Å². The maximum absolute atomic E-state index is 10.4. The molecular weight excluding hydrogens is 176 g/mol. The number of carboxylic acid groups (broad SMARTS) is 1. The number of rotatable bonds is 4. The van der Waals surface area contributed by atoms with Crippen molar-refractivity contribution in [3.8, 4) is 0 Å². The number of hydrogen-bond donors (Lipinski definition) is 1. The summed E-state index contributed by atoms with van der Waals surface area (Å²) in [4.78, 5) is 10.4. The van der Waals surface area contributed by atoms with Crippen LogP contribution in [-0.4, -0.2) is 11.1 Å². The molecular formula is C12H18O2. The van der Waals surface area contributed by atoms with Crippen molar-refractivity contribution in [1.29, 1.82) is 0 Å². The van der Waals surface area contributed by atoms with Crippen LogP contribution in [0, 0.1) is 5.92 Å². The Bertz CT molecular complexity index is 267. The first-order valence-corrected chi connectivity index (χ1v) is 4.44. The van der Waals surface area contributed by atoms with Crippen molar-refractivity contribution < 1.29 is 9.90 Å². The summed E-state index contributed by atoms with van der Waals surface area (Å²) in [6.45, 7) is 1.96. The Morgan fingerprint density at radius 2 is 1.93 bits per heavy atom. The third-order valence-electron chi connectivity index (χ3n) is 1.95. The van der Waals surface area contributed by atoms with Gasteiger partial charge in [-0.2, -0.15) is 0 Å². The Kier molecular flexibility index (Phi) is 5.61. The third kappa shape index (κ3) is 4.65. The monoisotopic (exact) mass is 194 g/mol. The topological polar surface area (TPSA) is 37.3 Å². The van der Waals surface area contributed by atoms with Gasteiger partial charge < -0.3 is 5.11 Å². The van der Waals surface area contributed by atoms with Gasteiger partial charge in [0.1, 0.15) is 0 Å². The van der Waals surface area contributed by atoms with Gasteiger partial charge in [0.05, 0.1) is 0 Å². The quantitative estimate of drug-likeness (QED) is 0.800. The van der Waals surface area contributed by atoms with E-state index in [9.17, 15) is 4.79 Å². The van der Waals surface area contributed by atoms with E-state index in [1.165, 1.54) is 5.56 Å². The Morgan fingerprint density at radius 3 is 2.43 bits per heavy atom. The molecule has 0 saturated carbocycles. The molecule has 0 amide bonds. The lowest BCUT2D eigenvalue weighted by molar-refractivity contribution is -0.137. The average molecular weight is 194 g/mol. The first kappa shape index (κ1) is 12.7. The first-order valence-electron chi connectivity index (χ1n) is 4.44. The van der Waals surface area contributed by atoms with Crippen LogP contribution in [0.25, 0.3) is 0 Å². The van der Waals surface area contributed by atoms with Gasteiger partial charge in [0.25, 0.3) is 0 Å². The Balaban J connectivity index is 0.00000169. The molecule has 0 aliphatic carbocycles. The van der Waals surface area contributed by atoms with Crippen LogP contribution in [0.2, 0.25) is 0 Å². The molecule has 0 bridgehead atoms. The van der Waals surface area contributed by atoms with Gasteiger partial charge in [-0.05, 0) is 17.9 Å². The fourth-order valence-electron chi connectivity index (χ4n) is 1.39. The Morgan fingerprint density at radius 1 is 1.36 bits per heavy atom. The van der Waals surface area contributed by atoms with Crippen molar-refractivity contribution in [3.63, 3.8) is 0 Å². The van der Waals surface area contributed by atoms with E-state index in [2.05, 4.69) is 0 Å². The molecule has 1 atom stereocenters. The molecule has 0 aromatic heterocycles. The van der Waals surface area contributed by atoms with Gasteiger partial charge in [0.15, 0.2) is 0 Å². The lowest BCUT2D eigenvalue weighted by Gasteiger charge is -2.07. The first-order chi connectivity index (χ1) is 6.18. The smallest absolute Gasteiger partial charge is 0.303 e. The molecule has 0 aliphatic rings. The van der Waals surface area contributed by atoms with E-state index in [-0.39, 0.29) is 19.8 Å². The minimum absolute atomic E-state index is 0. The van der Waals surface area contributed by atoms with Crippen molar-refractivity contribution >= 4 is 5.97 Å². The van der Waals surface area contributed by atoms with E-state index >= 15 is 0 Å². The number of aliphatic carboxylic acids is 1. The molecule has 0 aliphatic heterocycles. The molecule has 0 heterocycles. The third-order valence-corrected chi connectivity index (χ3v) is 1.95. The van der Waals surface area contributed by atoms with Crippen LogP contribution in [0.3, 0.4) is 0 Å². The zero-order valence-corrected chi connectivity index (χ0v) is 7.73. The van der Waals surface area contributed by atoms with Crippen molar-refractivity contribution in [2.75, 3.05) is 0 Å². The van der Waals surface area contributed by atoms with Gasteiger partial charge in [-0.1, -0.05) is 44.7 Å². The molecule has 0 radical (unpaired) electrons. The largest absolute Gasteiger partial charge is 0.481 e. The highest BCUT2D eigenvalue weighted by atomic mass is 16.4. The van der Waals surface area contributed by atoms with Crippen LogP contribution in [0.15, 0.2) is 30.3 Å². The maximum Gasteiger partial charge on any atom is 0.303 e. The van der Waals surface area contributed by atoms with E-state index in [4.69, 9.17) is 5.11 Å². The molecule has 0 saturated heterocycles. The lowest BCUT2D eigenvalue weighted by atomic mass is 9.98. The molecule has 1 unspecified atom stereocenters. The summed E-state index contributed by atoms with van der Waals surface area (Å²) in [5, 5.41) is 8.56. The molecule has 0 fully saturated rings. The van der Waals surface area contributed by atoms with Crippen molar-refractivity contribution in [1.82, 2.24) is 0 Å². The van der Waals surface area contributed by atoms with Crippen molar-refractivity contribution in [2.24, 2.45) is 5.92 Å². The number of hydrogen-bond acceptors (Lipinski definition) is 1. The lowest BCUT2D eigenvalue weighted by Crippen LogP contribution is -2.06. The standard InChI is InChI=1S/C11H14O2.CH4/c1-9(8-11(12)13)7-10-5-3-2-4-6-10;/h2-6,9H,7-8H2,1H3,(H,12,13);1H4. The second-order valence-corrected chi connectivity index (χ2v) is 3.39. The molecule has 2 heteroatoms. The van der Waals surface area contributed by atoms with Gasteiger partial charge in [0, 0.05) is 6.42 Å². The van der Waals surface area contributed by atoms with Crippen LogP contribution >= 0.6 is 0 Å². The molecule has 1 N–H and O–H groups in total. The molecule has 2 nitrogen and oxygen atoms in total. The molecule has 1 rings (SSSR count). The molecule has 14 heavy (non-hydrogen) atoms. The second-order valence-electron chi connectivity index (χ2n) is 3.39. The minimum atomic E-state index is -0.719. The zero-order chi connectivity index (χ0) is 9.68. The number of carbonyl (C=O) groups is 1. The van der Waals surface area contributed by atoms with Crippen molar-refractivity contribution in [3.05, 3.63) is 35.9 Å². The number of carboxylic acids is 1. The average Bonchev–Trinajstić information content (AvgIpc) is 2.04. The predicted molar refractivity (Wildman–Crippen MR) is 58.3 cm³/mol. The SMILES string of the molecule is C.CC(CC(=O)O)Cc1ccccc1. The van der Waals surface area contributed by atoms with Crippen LogP contribution in [0.4, 0.5) is 0 Å². The highest BCUT2D eigenvalue weighted by molar-refractivity contribution is 5.67. The Hall–Kier alpha value is -1.31. The summed E-state index contributed by atoms with van der Waals surface area (Å²) in [7, 11) is 0. The van der Waals surface area contributed by atoms with Crippen LogP contribution in [0.5, 0.6) is 0 Å². The van der Waals surface area contributed by atoms with Gasteiger partial charge in [-0.3, -0.25) is 4.79 Å². The minimum Gasteiger partial charge on any atom is -0.481 e. The predicted octanol–water partition coefficient (Wildman–Crippen LogP) is 2.98. The van der Waals surface area contributed by atoms with E-state index in [1.807, 2.05) is 37.3 Å². The van der Waals surface area contributed by atoms with Crippen LogP contribution < -0.4 is 0 Å². The number of benzene rings is 1. The summed E-state index contributed by atoms with van der Waals surface area (Å²) < 4.78 is 0. The zero-order valence-electron chi connectivity index (χ0n) is 7.73. The van der Waals surface area contributed by atoms with E-state index in [0.717, 1.165) is 6.42 Å². The van der Waals surface area contributed by atoms with Gasteiger partial charge in [0.2, 0.25) is 0 Å². The summed E-state index contributed by atoms with van der Waals surface area (Å²) in [5.74, 6) is -0.511. The van der Waals surface area contributed by atoms with E-state index in [1.54, 1.807) is 0 Å². The second kappa shape index (κ2) is 6.19. The highest BCUT2D eigenvalue weighted by Gasteiger charge is 2.07. The fourth-order valence-corrected chi connectivity index (χ4v) is 1.39. The van der Waals surface area contributed by atoms with Crippen molar-refractivity contribution in [2.45, 2.75) is 27.2 Å². The van der Waals surface area contributed by atoms with E-state index < -0.39 is 5.97 Å². The van der Waals surface area contributed by atoms with Crippen LogP contribution in [0.1, 0.15) is 26.3 Å². The highest BCUT2D eigenvalue weighted by Crippen LogP contribution is 2.10. The summed E-state index contributed by atoms with van der Waals surface area (Å²) in [5.41, 5.74) is 1.20. The fraction of sp³-hybridized carbons (Fsp3) is 0.417. The molecule has 78 valence electrons. The van der Waals surface area contributed by atoms with Gasteiger partial charge >= 0.3 is 5.97 Å². The summed E-state index contributed by atoms with van der Waals surface area (Å²) >= 11 is 0. The molecule has 1 aromatic carbocycles. The summed E-state index contributed by atoms with van der Waals surface area (Å²) in [6.07, 6.45) is 1.09. The van der Waals surface area contributed by atoms with E-state index in [0.29, 0.717) is 0 Å². The van der Waals surface area contributed by atoms with Gasteiger partial charge in [-0.25, -0.2) is 0 Å². The summed E-state index contributed by atoms with van der Waals surface area (Å²) in [6, 6.07) is 9.97. The molecule has 0 spiro atoms. The maximum atomic E-state index is 10.4.